The molecule has 2 saturated heterocycles. The van der Waals surface area contributed by atoms with Crippen LogP contribution in [-0.4, -0.2) is 232 Å². The Balaban J connectivity index is 2.29. The van der Waals surface area contributed by atoms with E-state index < -0.39 is 143 Å². The zero-order valence-electron chi connectivity index (χ0n) is 53.4. The van der Waals surface area contributed by atoms with Crippen molar-refractivity contribution < 1.29 is 62.6 Å². The standard InChI is InChI=1S/C60H98N12O13/c1-33(2)29-42-49(74)65-47(59(84)72-27-23-20-24-28-72)58(83)66(13)38(10)55(80)69(16)45(31-35(5)6)52(77)63-43(32-41-25-21-19-22-26-41)50(75)64-46(40(12)73)57(82)71(18)60(85)67(14)39(11)56(81)70(17)48(36(7)8)53(78)61-37(9)54(79)68(15)44(30-34(3)4)51(76)62-42/h19,21-22,25-26,33-40,42-48,73H,20,23-24,27-32H2,1-18H3,(H,61,78)(H,62,76)(H,63,77)(H,64,75)(H,65,74)/t37-,38+,39-,40+,42-,43-,44-,45-,46-,47-,48-/m0/s1. The van der Waals surface area contributed by atoms with Crippen LogP contribution in [0.1, 0.15) is 127 Å². The summed E-state index contributed by atoms with van der Waals surface area (Å²) in [7, 11) is 7.71. The second-order valence-corrected chi connectivity index (χ2v) is 24.6. The van der Waals surface area contributed by atoms with E-state index in [1.54, 1.807) is 58.0 Å². The van der Waals surface area contributed by atoms with E-state index in [4.69, 9.17) is 0 Å². The van der Waals surface area contributed by atoms with Gasteiger partial charge in [-0.15, -0.1) is 0 Å². The van der Waals surface area contributed by atoms with Crippen LogP contribution in [0.2, 0.25) is 0 Å². The Morgan fingerprint density at radius 3 is 1.47 bits per heavy atom. The van der Waals surface area contributed by atoms with Crippen LogP contribution in [0.3, 0.4) is 0 Å². The smallest absolute Gasteiger partial charge is 0.326 e. The lowest BCUT2D eigenvalue weighted by atomic mass is 9.98. The molecular formula is C60H98N12O13. The molecule has 3 rings (SSSR count). The molecule has 0 radical (unpaired) electrons. The molecule has 25 heteroatoms. The number of urea groups is 1. The molecule has 1 aromatic carbocycles. The van der Waals surface area contributed by atoms with Gasteiger partial charge in [0.15, 0.2) is 6.04 Å². The van der Waals surface area contributed by atoms with Gasteiger partial charge in [-0.1, -0.05) is 85.7 Å². The summed E-state index contributed by atoms with van der Waals surface area (Å²) in [5.74, 6) is -10.3. The molecule has 0 aliphatic carbocycles. The predicted octanol–water partition coefficient (Wildman–Crippen LogP) is 1.10. The molecule has 2 heterocycles. The summed E-state index contributed by atoms with van der Waals surface area (Å²) in [4.78, 5) is 181. The van der Waals surface area contributed by atoms with Gasteiger partial charge in [-0.05, 0) is 95.5 Å². The maximum atomic E-state index is 14.9. The molecule has 2 aliphatic rings. The minimum absolute atomic E-state index is 0.0267. The Bertz CT molecular complexity index is 2540. The SMILES string of the molecule is CC(C)C[C@@H]1NC(=O)[C@H](CC(C)C)N(C)C(=O)[C@H](C)NC(=O)[C@H](C(C)C)N(C)C(=O)[C@H](C)N(C)C(=O)N(C)C(=O)[C@H]([C@@H](C)O)NC(=O)[C@H](Cc2ccccc2)NC(=O)[C@H](CC(C)C)N(C)C(=O)[C@@H](C)N(C)C(=O)[C@@H](C(=O)N2CCCCC2)NC1=O. The van der Waals surface area contributed by atoms with E-state index in [2.05, 4.69) is 26.6 Å². The lowest BCUT2D eigenvalue weighted by molar-refractivity contribution is -0.152. The fraction of sp³-hybridized carbons (Fsp3) is 0.700. The topological polar surface area (TPSA) is 308 Å². The van der Waals surface area contributed by atoms with Crippen molar-refractivity contribution in [3.05, 3.63) is 35.9 Å². The van der Waals surface area contributed by atoms with E-state index in [1.165, 1.54) is 67.8 Å². The molecule has 0 bridgehead atoms. The van der Waals surface area contributed by atoms with Crippen molar-refractivity contribution in [2.45, 2.75) is 195 Å². The molecule has 25 nitrogen and oxygen atoms in total. The van der Waals surface area contributed by atoms with Crippen LogP contribution in [0.5, 0.6) is 0 Å². The van der Waals surface area contributed by atoms with Crippen LogP contribution in [0, 0.1) is 23.7 Å². The van der Waals surface area contributed by atoms with Crippen molar-refractivity contribution >= 4 is 71.0 Å². The highest BCUT2D eigenvalue weighted by Gasteiger charge is 2.44. The summed E-state index contributed by atoms with van der Waals surface area (Å²) < 4.78 is 0. The zero-order valence-corrected chi connectivity index (χ0v) is 53.4. The first-order chi connectivity index (χ1) is 39.5. The largest absolute Gasteiger partial charge is 0.391 e. The number of amides is 13. The molecule has 2 fully saturated rings. The number of imide groups is 1. The molecule has 0 unspecified atom stereocenters. The lowest BCUT2D eigenvalue weighted by Crippen LogP contribution is -2.64. The van der Waals surface area contributed by atoms with Crippen LogP contribution in [0.25, 0.3) is 0 Å². The van der Waals surface area contributed by atoms with E-state index in [-0.39, 0.29) is 56.5 Å². The van der Waals surface area contributed by atoms with Crippen LogP contribution in [0.15, 0.2) is 30.3 Å². The molecule has 6 N–H and O–H groups in total. The van der Waals surface area contributed by atoms with Crippen molar-refractivity contribution in [2.75, 3.05) is 55.4 Å². The number of nitrogens with zero attached hydrogens (tertiary/aromatic N) is 7. The van der Waals surface area contributed by atoms with E-state index in [0.29, 0.717) is 23.3 Å². The summed E-state index contributed by atoms with van der Waals surface area (Å²) in [5, 5.41) is 24.4. The van der Waals surface area contributed by atoms with Gasteiger partial charge in [-0.3, -0.25) is 57.6 Å². The van der Waals surface area contributed by atoms with Gasteiger partial charge in [0.05, 0.1) is 6.10 Å². The lowest BCUT2D eigenvalue weighted by Gasteiger charge is -2.37. The second kappa shape index (κ2) is 32.4. The first kappa shape index (κ1) is 72.1. The second-order valence-electron chi connectivity index (χ2n) is 24.6. The molecule has 1 aromatic rings. The van der Waals surface area contributed by atoms with Crippen LogP contribution in [0.4, 0.5) is 4.79 Å². The summed E-state index contributed by atoms with van der Waals surface area (Å²) in [6.45, 7) is 20.2. The third kappa shape index (κ3) is 19.4. The maximum Gasteiger partial charge on any atom is 0.326 e. The number of hydrogen-bond donors (Lipinski definition) is 6. The van der Waals surface area contributed by atoms with Crippen molar-refractivity contribution in [1.82, 2.24) is 60.9 Å². The summed E-state index contributed by atoms with van der Waals surface area (Å²) in [6, 6.07) is -6.64. The number of carbonyl (C=O) groups excluding carboxylic acids is 12. The number of aliphatic hydroxyl groups is 1. The highest BCUT2D eigenvalue weighted by Crippen LogP contribution is 2.21. The number of rotatable bonds is 11. The molecule has 11 atom stereocenters. The average Bonchev–Trinajstić information content (AvgIpc) is 3.39. The number of hydrogen-bond acceptors (Lipinski definition) is 13. The van der Waals surface area contributed by atoms with Crippen molar-refractivity contribution in [3.63, 3.8) is 0 Å². The minimum atomic E-state index is -1.88. The highest BCUT2D eigenvalue weighted by atomic mass is 16.3. The molecule has 2 aliphatic heterocycles. The Kier molecular flexibility index (Phi) is 27.4. The Hall–Kier alpha value is -7.18. The minimum Gasteiger partial charge on any atom is -0.391 e. The van der Waals surface area contributed by atoms with Crippen molar-refractivity contribution in [1.29, 1.82) is 0 Å². The number of likely N-dealkylation sites (tertiary alicyclic amines) is 1. The first-order valence-corrected chi connectivity index (χ1v) is 29.7. The molecule has 13 amide bonds. The number of aliphatic hydroxyl groups excluding tert-OH is 1. The summed E-state index contributed by atoms with van der Waals surface area (Å²) in [5.41, 5.74) is 0.573. The Morgan fingerprint density at radius 2 is 0.976 bits per heavy atom. The number of likely N-dealkylation sites (N-methyl/N-ethyl adjacent to an activating group) is 6. The van der Waals surface area contributed by atoms with E-state index in [1.807, 2.05) is 27.7 Å². The van der Waals surface area contributed by atoms with Crippen molar-refractivity contribution in [2.24, 2.45) is 23.7 Å². The van der Waals surface area contributed by atoms with Gasteiger partial charge < -0.3 is 61.1 Å². The number of carbonyl (C=O) groups is 12. The van der Waals surface area contributed by atoms with Crippen LogP contribution < -0.4 is 26.6 Å². The third-order valence-corrected chi connectivity index (χ3v) is 15.9. The van der Waals surface area contributed by atoms with Gasteiger partial charge in [0, 0.05) is 61.8 Å². The van der Waals surface area contributed by atoms with E-state index >= 15 is 0 Å². The van der Waals surface area contributed by atoms with Gasteiger partial charge in [0.2, 0.25) is 47.3 Å². The number of piperidine rings is 1. The van der Waals surface area contributed by atoms with Gasteiger partial charge in [-0.2, -0.15) is 0 Å². The average molecular weight is 1200 g/mol. The third-order valence-electron chi connectivity index (χ3n) is 15.9. The molecule has 85 heavy (non-hydrogen) atoms. The normalized spacial score (nSPS) is 27.0. The monoisotopic (exact) mass is 1190 g/mol. The van der Waals surface area contributed by atoms with E-state index in [0.717, 1.165) is 38.0 Å². The van der Waals surface area contributed by atoms with Gasteiger partial charge >= 0.3 is 6.03 Å². The molecule has 0 spiro atoms. The van der Waals surface area contributed by atoms with Gasteiger partial charge in [-0.25, -0.2) is 4.79 Å². The maximum absolute atomic E-state index is 14.9. The first-order valence-electron chi connectivity index (χ1n) is 29.7. The predicted molar refractivity (Wildman–Crippen MR) is 318 cm³/mol. The van der Waals surface area contributed by atoms with Gasteiger partial charge in [0.1, 0.15) is 54.4 Å². The summed E-state index contributed by atoms with van der Waals surface area (Å²) >= 11 is 0. The summed E-state index contributed by atoms with van der Waals surface area (Å²) in [6.07, 6.45) is 0.486. The molecule has 476 valence electrons. The quantitative estimate of drug-likeness (QED) is 0.170. The molecule has 0 aromatic heterocycles. The molecular weight excluding hydrogens is 1100 g/mol. The fourth-order valence-corrected chi connectivity index (χ4v) is 10.5. The number of benzene rings is 1. The molecule has 0 saturated carbocycles. The Morgan fingerprint density at radius 1 is 0.506 bits per heavy atom. The fourth-order valence-electron chi connectivity index (χ4n) is 10.5. The van der Waals surface area contributed by atoms with Gasteiger partial charge in [0.25, 0.3) is 17.7 Å². The highest BCUT2D eigenvalue weighted by molar-refractivity contribution is 6.09. The van der Waals surface area contributed by atoms with E-state index in [9.17, 15) is 62.6 Å². The van der Waals surface area contributed by atoms with Crippen LogP contribution in [-0.2, 0) is 59.2 Å². The van der Waals surface area contributed by atoms with Crippen molar-refractivity contribution in [3.8, 4) is 0 Å². The Labute approximate surface area is 502 Å². The van der Waals surface area contributed by atoms with Crippen LogP contribution >= 0.6 is 0 Å². The zero-order chi connectivity index (χ0) is 64.6. The number of nitrogens with one attached hydrogen (secondary N) is 5.